The van der Waals surface area contributed by atoms with Gasteiger partial charge in [-0.15, -0.1) is 0 Å². The first-order chi connectivity index (χ1) is 14.4. The Bertz CT molecular complexity index is 821. The van der Waals surface area contributed by atoms with Crippen LogP contribution >= 0.6 is 0 Å². The van der Waals surface area contributed by atoms with Crippen molar-refractivity contribution in [2.75, 3.05) is 33.9 Å². The number of likely N-dealkylation sites (tertiary alicyclic amines) is 2. The molecule has 0 radical (unpaired) electrons. The van der Waals surface area contributed by atoms with Crippen molar-refractivity contribution < 1.29 is 9.47 Å². The second-order valence-electron chi connectivity index (χ2n) is 9.82. The summed E-state index contributed by atoms with van der Waals surface area (Å²) >= 11 is 0. The molecule has 162 valence electrons. The molecule has 0 aromatic heterocycles. The van der Waals surface area contributed by atoms with Crippen LogP contribution < -0.4 is 9.47 Å². The zero-order valence-electron chi connectivity index (χ0n) is 19.0. The lowest BCUT2D eigenvalue weighted by molar-refractivity contribution is 0.102. The summed E-state index contributed by atoms with van der Waals surface area (Å²) in [6.45, 7) is 10.5. The summed E-state index contributed by atoms with van der Waals surface area (Å²) in [6.07, 6.45) is 3.89. The zero-order chi connectivity index (χ0) is 21.2. The zero-order valence-corrected chi connectivity index (χ0v) is 19.0. The van der Waals surface area contributed by atoms with E-state index < -0.39 is 0 Å². The Morgan fingerprint density at radius 1 is 0.767 bits per heavy atom. The van der Waals surface area contributed by atoms with Crippen LogP contribution in [0.25, 0.3) is 0 Å². The van der Waals surface area contributed by atoms with Gasteiger partial charge in [0.2, 0.25) is 0 Å². The molecule has 2 saturated heterocycles. The van der Waals surface area contributed by atoms with Crippen LogP contribution in [0.4, 0.5) is 0 Å². The van der Waals surface area contributed by atoms with Gasteiger partial charge in [-0.3, -0.25) is 9.80 Å². The number of rotatable bonds is 6. The Morgan fingerprint density at radius 2 is 1.27 bits per heavy atom. The number of methoxy groups -OCH3 is 2. The molecule has 2 aliphatic rings. The molecule has 2 aromatic rings. The van der Waals surface area contributed by atoms with Crippen molar-refractivity contribution in [3.63, 3.8) is 0 Å². The van der Waals surface area contributed by atoms with Gasteiger partial charge < -0.3 is 9.47 Å². The maximum absolute atomic E-state index is 5.31. The van der Waals surface area contributed by atoms with Crippen LogP contribution in [0.2, 0.25) is 0 Å². The van der Waals surface area contributed by atoms with Gasteiger partial charge in [0.15, 0.2) is 0 Å². The lowest BCUT2D eigenvalue weighted by Crippen LogP contribution is -2.41. The topological polar surface area (TPSA) is 24.9 Å². The fourth-order valence-electron chi connectivity index (χ4n) is 5.44. The quantitative estimate of drug-likeness (QED) is 0.674. The summed E-state index contributed by atoms with van der Waals surface area (Å²) in [5, 5.41) is 0. The summed E-state index contributed by atoms with van der Waals surface area (Å²) in [5.74, 6) is 1.86. The van der Waals surface area contributed by atoms with Gasteiger partial charge >= 0.3 is 0 Å². The van der Waals surface area contributed by atoms with Crippen LogP contribution in [0.15, 0.2) is 48.5 Å². The first kappa shape index (κ1) is 21.2. The van der Waals surface area contributed by atoms with Crippen molar-refractivity contribution in [1.82, 2.24) is 9.80 Å². The van der Waals surface area contributed by atoms with Gasteiger partial charge in [-0.05, 0) is 87.0 Å². The number of hydrogen-bond acceptors (Lipinski definition) is 4. The molecule has 2 fully saturated rings. The van der Waals surface area contributed by atoms with Crippen LogP contribution in [0.1, 0.15) is 44.2 Å². The van der Waals surface area contributed by atoms with E-state index in [1.165, 1.54) is 50.0 Å². The van der Waals surface area contributed by atoms with E-state index in [1.54, 1.807) is 14.2 Å². The number of benzene rings is 2. The maximum atomic E-state index is 5.31. The summed E-state index contributed by atoms with van der Waals surface area (Å²) in [7, 11) is 3.45. The van der Waals surface area contributed by atoms with Crippen LogP contribution in [0, 0.1) is 5.41 Å². The van der Waals surface area contributed by atoms with E-state index in [4.69, 9.17) is 9.47 Å². The SMILES string of the molecule is COc1ccc(CN2CCC3(CC2)CN(Cc2ccc(OC)cc2)C(C)(C)C3)cc1. The minimum Gasteiger partial charge on any atom is -0.497 e. The lowest BCUT2D eigenvalue weighted by Gasteiger charge is -2.39. The molecule has 2 heterocycles. The fourth-order valence-corrected chi connectivity index (χ4v) is 5.44. The summed E-state index contributed by atoms with van der Waals surface area (Å²) in [4.78, 5) is 5.32. The second-order valence-corrected chi connectivity index (χ2v) is 9.82. The molecule has 2 aromatic carbocycles. The standard InChI is InChI=1S/C26H36N2O2/c1-25(2)19-26(20-28(25)18-22-7-11-24(30-4)12-8-22)13-15-27(16-14-26)17-21-5-9-23(29-3)10-6-21/h5-12H,13-20H2,1-4H3. The first-order valence-electron chi connectivity index (χ1n) is 11.1. The fraction of sp³-hybridized carbons (Fsp3) is 0.538. The summed E-state index contributed by atoms with van der Waals surface area (Å²) < 4.78 is 10.6. The van der Waals surface area contributed by atoms with Crippen molar-refractivity contribution in [3.8, 4) is 11.5 Å². The van der Waals surface area contributed by atoms with Crippen LogP contribution in [-0.4, -0.2) is 49.2 Å². The summed E-state index contributed by atoms with van der Waals surface area (Å²) in [5.41, 5.74) is 3.46. The van der Waals surface area contributed by atoms with E-state index in [1.807, 2.05) is 0 Å². The average Bonchev–Trinajstić information content (AvgIpc) is 3.00. The van der Waals surface area contributed by atoms with E-state index in [2.05, 4.69) is 72.2 Å². The molecule has 0 unspecified atom stereocenters. The van der Waals surface area contributed by atoms with Gasteiger partial charge in [0.25, 0.3) is 0 Å². The van der Waals surface area contributed by atoms with Crippen molar-refractivity contribution in [1.29, 1.82) is 0 Å². The normalized spacial score (nSPS) is 21.1. The highest BCUT2D eigenvalue weighted by Crippen LogP contribution is 2.48. The molecule has 0 bridgehead atoms. The van der Waals surface area contributed by atoms with E-state index in [-0.39, 0.29) is 5.54 Å². The Labute approximate surface area is 181 Å². The highest BCUT2D eigenvalue weighted by molar-refractivity contribution is 5.28. The van der Waals surface area contributed by atoms with Crippen LogP contribution in [0.5, 0.6) is 11.5 Å². The highest BCUT2D eigenvalue weighted by atomic mass is 16.5. The van der Waals surface area contributed by atoms with Gasteiger partial charge in [-0.2, -0.15) is 0 Å². The minimum atomic E-state index is 0.248. The monoisotopic (exact) mass is 408 g/mol. The third-order valence-corrected chi connectivity index (χ3v) is 7.20. The molecule has 2 aliphatic heterocycles. The van der Waals surface area contributed by atoms with Crippen molar-refractivity contribution in [2.24, 2.45) is 5.41 Å². The van der Waals surface area contributed by atoms with Gasteiger partial charge in [0.1, 0.15) is 11.5 Å². The largest absolute Gasteiger partial charge is 0.497 e. The van der Waals surface area contributed by atoms with Crippen LogP contribution in [0.3, 0.4) is 0 Å². The predicted molar refractivity (Wildman–Crippen MR) is 122 cm³/mol. The molecule has 0 N–H and O–H groups in total. The smallest absolute Gasteiger partial charge is 0.118 e. The van der Waals surface area contributed by atoms with E-state index in [0.29, 0.717) is 5.41 Å². The molecule has 0 aliphatic carbocycles. The lowest BCUT2D eigenvalue weighted by atomic mass is 9.74. The van der Waals surface area contributed by atoms with Crippen LogP contribution in [-0.2, 0) is 13.1 Å². The van der Waals surface area contributed by atoms with Gasteiger partial charge in [0, 0.05) is 25.2 Å². The van der Waals surface area contributed by atoms with E-state index >= 15 is 0 Å². The van der Waals surface area contributed by atoms with Gasteiger partial charge in [-0.25, -0.2) is 0 Å². The molecule has 4 nitrogen and oxygen atoms in total. The average molecular weight is 409 g/mol. The maximum Gasteiger partial charge on any atom is 0.118 e. The molecule has 4 heteroatoms. The number of piperidine rings is 1. The third kappa shape index (κ3) is 4.65. The predicted octanol–water partition coefficient (Wildman–Crippen LogP) is 4.97. The molecule has 0 saturated carbocycles. The van der Waals surface area contributed by atoms with Gasteiger partial charge in [-0.1, -0.05) is 24.3 Å². The molecule has 0 atom stereocenters. The third-order valence-electron chi connectivity index (χ3n) is 7.20. The molecule has 30 heavy (non-hydrogen) atoms. The highest BCUT2D eigenvalue weighted by Gasteiger charge is 2.49. The number of nitrogens with zero attached hydrogens (tertiary/aromatic N) is 2. The van der Waals surface area contributed by atoms with Gasteiger partial charge in [0.05, 0.1) is 14.2 Å². The van der Waals surface area contributed by atoms with Crippen molar-refractivity contribution in [2.45, 2.75) is 51.7 Å². The Hall–Kier alpha value is -2.04. The second kappa shape index (κ2) is 8.60. The van der Waals surface area contributed by atoms with Crippen molar-refractivity contribution >= 4 is 0 Å². The molecule has 0 amide bonds. The number of ether oxygens (including phenoxy) is 2. The van der Waals surface area contributed by atoms with E-state index in [9.17, 15) is 0 Å². The Kier molecular flexibility index (Phi) is 6.08. The van der Waals surface area contributed by atoms with E-state index in [0.717, 1.165) is 24.6 Å². The molecule has 1 spiro atoms. The first-order valence-corrected chi connectivity index (χ1v) is 11.1. The number of hydrogen-bond donors (Lipinski definition) is 0. The molecular weight excluding hydrogens is 372 g/mol. The molecule has 4 rings (SSSR count). The Balaban J connectivity index is 1.35. The Morgan fingerprint density at radius 3 is 1.77 bits per heavy atom. The van der Waals surface area contributed by atoms with Crippen molar-refractivity contribution in [3.05, 3.63) is 59.7 Å². The molecular formula is C26H36N2O2. The minimum absolute atomic E-state index is 0.248. The summed E-state index contributed by atoms with van der Waals surface area (Å²) in [6, 6.07) is 17.1.